The summed E-state index contributed by atoms with van der Waals surface area (Å²) < 4.78 is 5.91. The van der Waals surface area contributed by atoms with Gasteiger partial charge in [0.25, 0.3) is 0 Å². The molecule has 29 heavy (non-hydrogen) atoms. The van der Waals surface area contributed by atoms with Crippen LogP contribution in [0.3, 0.4) is 0 Å². The third-order valence-electron chi connectivity index (χ3n) is 4.97. The van der Waals surface area contributed by atoms with Crippen LogP contribution >= 0.6 is 11.6 Å². The third kappa shape index (κ3) is 4.49. The number of amides is 1. The zero-order valence-electron chi connectivity index (χ0n) is 16.3. The molecule has 4 nitrogen and oxygen atoms in total. The maximum absolute atomic E-state index is 12.1. The van der Waals surface area contributed by atoms with Crippen molar-refractivity contribution in [2.24, 2.45) is 0 Å². The smallest absolute Gasteiger partial charge is 0.227 e. The molecule has 0 bridgehead atoms. The topological polar surface area (TPSA) is 55.1 Å². The van der Waals surface area contributed by atoms with Gasteiger partial charge < -0.3 is 9.73 Å². The van der Waals surface area contributed by atoms with Crippen molar-refractivity contribution in [3.63, 3.8) is 0 Å². The second-order valence-corrected chi connectivity index (χ2v) is 7.64. The molecule has 1 amide bonds. The minimum Gasteiger partial charge on any atom is -0.436 e. The highest BCUT2D eigenvalue weighted by Gasteiger charge is 2.10. The van der Waals surface area contributed by atoms with Crippen LogP contribution in [0, 0.1) is 13.8 Å². The van der Waals surface area contributed by atoms with Crippen molar-refractivity contribution in [2.45, 2.75) is 26.8 Å². The zero-order chi connectivity index (χ0) is 20.4. The number of halogens is 1. The molecule has 0 spiro atoms. The molecule has 0 fully saturated rings. The first-order valence-electron chi connectivity index (χ1n) is 9.46. The lowest BCUT2D eigenvalue weighted by Crippen LogP contribution is -2.24. The number of nitrogens with one attached hydrogen (secondary N) is 1. The summed E-state index contributed by atoms with van der Waals surface area (Å²) in [7, 11) is 0. The first-order valence-corrected chi connectivity index (χ1v) is 9.84. The van der Waals surface area contributed by atoms with Crippen molar-refractivity contribution in [2.75, 3.05) is 0 Å². The molecule has 146 valence electrons. The summed E-state index contributed by atoms with van der Waals surface area (Å²) >= 11 is 5.87. The lowest BCUT2D eigenvalue weighted by atomic mass is 10.1. The Hall–Kier alpha value is -3.11. The van der Waals surface area contributed by atoms with Gasteiger partial charge in [-0.3, -0.25) is 4.79 Å². The number of hydrogen-bond donors (Lipinski definition) is 1. The number of oxazole rings is 1. The van der Waals surface area contributed by atoms with Crippen LogP contribution in [0.15, 0.2) is 65.1 Å². The van der Waals surface area contributed by atoms with E-state index in [2.05, 4.69) is 24.1 Å². The maximum atomic E-state index is 12.1. The normalized spacial score (nSPS) is 11.0. The number of aryl methyl sites for hydroxylation is 2. The second-order valence-electron chi connectivity index (χ2n) is 7.20. The maximum Gasteiger partial charge on any atom is 0.227 e. The molecule has 5 heteroatoms. The van der Waals surface area contributed by atoms with Crippen molar-refractivity contribution in [3.8, 4) is 11.5 Å². The summed E-state index contributed by atoms with van der Waals surface area (Å²) in [5, 5.41) is 3.61. The largest absolute Gasteiger partial charge is 0.436 e. The molecule has 0 saturated heterocycles. The molecule has 0 aliphatic carbocycles. The van der Waals surface area contributed by atoms with Crippen LogP contribution in [0.25, 0.3) is 22.6 Å². The van der Waals surface area contributed by atoms with E-state index in [1.54, 1.807) is 12.1 Å². The standard InChI is InChI=1S/C24H21ClN2O2/c1-15-11-21-22(12-16(15)2)29-24(27-21)19-7-3-18(4-8-19)14-26-23(28)13-17-5-9-20(25)10-6-17/h3-12H,13-14H2,1-2H3,(H,26,28). The Kier molecular flexibility index (Phi) is 5.36. The molecule has 0 unspecified atom stereocenters. The average molecular weight is 405 g/mol. The Morgan fingerprint density at radius 2 is 1.62 bits per heavy atom. The predicted octanol–water partition coefficient (Wildman–Crippen LogP) is 5.62. The lowest BCUT2D eigenvalue weighted by Gasteiger charge is -2.06. The van der Waals surface area contributed by atoms with E-state index >= 15 is 0 Å². The SMILES string of the molecule is Cc1cc2nc(-c3ccc(CNC(=O)Cc4ccc(Cl)cc4)cc3)oc2cc1C. The Labute approximate surface area is 174 Å². The van der Waals surface area contributed by atoms with Gasteiger partial charge in [-0.1, -0.05) is 35.9 Å². The van der Waals surface area contributed by atoms with Crippen LogP contribution in [0.1, 0.15) is 22.3 Å². The van der Waals surface area contributed by atoms with E-state index in [9.17, 15) is 4.79 Å². The van der Waals surface area contributed by atoms with E-state index in [1.807, 2.05) is 48.5 Å². The molecule has 1 heterocycles. The summed E-state index contributed by atoms with van der Waals surface area (Å²) in [6.45, 7) is 4.60. The van der Waals surface area contributed by atoms with Crippen LogP contribution in [-0.2, 0) is 17.8 Å². The summed E-state index contributed by atoms with van der Waals surface area (Å²) in [5.74, 6) is 0.574. The van der Waals surface area contributed by atoms with Crippen LogP contribution in [-0.4, -0.2) is 10.9 Å². The van der Waals surface area contributed by atoms with Gasteiger partial charge in [0.1, 0.15) is 5.52 Å². The van der Waals surface area contributed by atoms with E-state index in [0.29, 0.717) is 23.9 Å². The fourth-order valence-electron chi connectivity index (χ4n) is 3.12. The Bertz CT molecular complexity index is 1120. The Morgan fingerprint density at radius 1 is 0.966 bits per heavy atom. The molecule has 3 aromatic carbocycles. The Morgan fingerprint density at radius 3 is 2.34 bits per heavy atom. The molecule has 0 saturated carbocycles. The van der Waals surface area contributed by atoms with Crippen LogP contribution in [0.4, 0.5) is 0 Å². The van der Waals surface area contributed by atoms with E-state index < -0.39 is 0 Å². The van der Waals surface area contributed by atoms with Crippen LogP contribution in [0.5, 0.6) is 0 Å². The van der Waals surface area contributed by atoms with Crippen LogP contribution < -0.4 is 5.32 Å². The van der Waals surface area contributed by atoms with Gasteiger partial charge in [0.2, 0.25) is 11.8 Å². The van der Waals surface area contributed by atoms with Gasteiger partial charge in [0.15, 0.2) is 5.58 Å². The molecule has 0 atom stereocenters. The molecular weight excluding hydrogens is 384 g/mol. The molecular formula is C24H21ClN2O2. The summed E-state index contributed by atoms with van der Waals surface area (Å²) in [4.78, 5) is 16.7. The summed E-state index contributed by atoms with van der Waals surface area (Å²) in [6.07, 6.45) is 0.330. The average Bonchev–Trinajstić information content (AvgIpc) is 3.11. The molecule has 4 aromatic rings. The molecule has 0 aliphatic heterocycles. The van der Waals surface area contributed by atoms with Crippen molar-refractivity contribution in [1.82, 2.24) is 10.3 Å². The fraction of sp³-hybridized carbons (Fsp3) is 0.167. The van der Waals surface area contributed by atoms with Crippen LogP contribution in [0.2, 0.25) is 5.02 Å². The van der Waals surface area contributed by atoms with Gasteiger partial charge in [0.05, 0.1) is 6.42 Å². The predicted molar refractivity (Wildman–Crippen MR) is 116 cm³/mol. The zero-order valence-corrected chi connectivity index (χ0v) is 17.1. The van der Waals surface area contributed by atoms with Crippen molar-refractivity contribution < 1.29 is 9.21 Å². The minimum atomic E-state index is -0.0268. The highest BCUT2D eigenvalue weighted by atomic mass is 35.5. The third-order valence-corrected chi connectivity index (χ3v) is 5.22. The number of fused-ring (bicyclic) bond motifs is 1. The van der Waals surface area contributed by atoms with E-state index in [1.165, 1.54) is 11.1 Å². The number of aromatic nitrogens is 1. The van der Waals surface area contributed by atoms with Gasteiger partial charge in [-0.25, -0.2) is 4.98 Å². The number of carbonyl (C=O) groups excluding carboxylic acids is 1. The number of rotatable bonds is 5. The quantitative estimate of drug-likeness (QED) is 0.469. The molecule has 1 N–H and O–H groups in total. The van der Waals surface area contributed by atoms with Gasteiger partial charge in [0, 0.05) is 17.1 Å². The monoisotopic (exact) mass is 404 g/mol. The molecule has 0 aliphatic rings. The van der Waals surface area contributed by atoms with Gasteiger partial charge >= 0.3 is 0 Å². The molecule has 4 rings (SSSR count). The summed E-state index contributed by atoms with van der Waals surface area (Å²) in [5.41, 5.74) is 6.90. The van der Waals surface area contributed by atoms with Crippen molar-refractivity contribution in [3.05, 3.63) is 87.9 Å². The van der Waals surface area contributed by atoms with Crippen molar-refractivity contribution in [1.29, 1.82) is 0 Å². The van der Waals surface area contributed by atoms with E-state index in [-0.39, 0.29) is 5.91 Å². The lowest BCUT2D eigenvalue weighted by molar-refractivity contribution is -0.120. The first kappa shape index (κ1) is 19.2. The van der Waals surface area contributed by atoms with E-state index in [4.69, 9.17) is 16.0 Å². The van der Waals surface area contributed by atoms with E-state index in [0.717, 1.165) is 27.8 Å². The number of benzene rings is 3. The minimum absolute atomic E-state index is 0.0268. The first-order chi connectivity index (χ1) is 14.0. The molecule has 0 radical (unpaired) electrons. The highest BCUT2D eigenvalue weighted by Crippen LogP contribution is 2.26. The molecule has 1 aromatic heterocycles. The van der Waals surface area contributed by atoms with Gasteiger partial charge in [-0.15, -0.1) is 0 Å². The number of carbonyl (C=O) groups is 1. The van der Waals surface area contributed by atoms with Crippen molar-refractivity contribution >= 4 is 28.6 Å². The second kappa shape index (κ2) is 8.10. The number of nitrogens with zero attached hydrogens (tertiary/aromatic N) is 1. The Balaban J connectivity index is 1.40. The number of hydrogen-bond acceptors (Lipinski definition) is 3. The fourth-order valence-corrected chi connectivity index (χ4v) is 3.25. The summed E-state index contributed by atoms with van der Waals surface area (Å²) in [6, 6.07) is 19.2. The highest BCUT2D eigenvalue weighted by molar-refractivity contribution is 6.30. The van der Waals surface area contributed by atoms with Gasteiger partial charge in [-0.2, -0.15) is 0 Å². The van der Waals surface area contributed by atoms with Gasteiger partial charge in [-0.05, 0) is 72.5 Å².